The van der Waals surface area contributed by atoms with E-state index in [9.17, 15) is 18.0 Å². The molecule has 0 aliphatic rings. The van der Waals surface area contributed by atoms with Crippen LogP contribution in [0.3, 0.4) is 0 Å². The van der Waals surface area contributed by atoms with Gasteiger partial charge in [-0.25, -0.2) is 8.42 Å². The largest absolute Gasteiger partial charge is 0.481 e. The van der Waals surface area contributed by atoms with E-state index in [1.807, 2.05) is 0 Å². The van der Waals surface area contributed by atoms with E-state index in [0.717, 1.165) is 11.3 Å². The fourth-order valence-electron chi connectivity index (χ4n) is 2.48. The zero-order valence-electron chi connectivity index (χ0n) is 14.5. The third-order valence-corrected chi connectivity index (χ3v) is 6.46. The zero-order valence-corrected chi connectivity index (χ0v) is 16.1. The molecule has 0 unspecified atom stereocenters. The summed E-state index contributed by atoms with van der Waals surface area (Å²) in [4.78, 5) is 23.3. The van der Waals surface area contributed by atoms with E-state index in [4.69, 9.17) is 5.11 Å². The molecule has 0 saturated carbocycles. The highest BCUT2D eigenvalue weighted by Gasteiger charge is 2.16. The van der Waals surface area contributed by atoms with Gasteiger partial charge >= 0.3 is 5.97 Å². The number of hydrogen-bond donors (Lipinski definition) is 3. The number of aliphatic carboxylic acids is 1. The summed E-state index contributed by atoms with van der Waals surface area (Å²) in [6.45, 7) is 0. The number of hydrogen-bond acceptors (Lipinski definition) is 5. The number of anilines is 2. The first-order valence-electron chi connectivity index (χ1n) is 8.12. The lowest BCUT2D eigenvalue weighted by atomic mass is 10.1. The van der Waals surface area contributed by atoms with E-state index >= 15 is 0 Å². The van der Waals surface area contributed by atoms with Crippen LogP contribution in [0.2, 0.25) is 0 Å². The first-order valence-corrected chi connectivity index (χ1v) is 10.5. The molecule has 0 atom stereocenters. The van der Waals surface area contributed by atoms with Crippen LogP contribution < -0.4 is 10.0 Å². The lowest BCUT2D eigenvalue weighted by Gasteiger charge is -2.10. The molecule has 1 aromatic heterocycles. The van der Waals surface area contributed by atoms with Gasteiger partial charge in [0.25, 0.3) is 15.9 Å². The average Bonchev–Trinajstić information content (AvgIpc) is 3.17. The van der Waals surface area contributed by atoms with Crippen LogP contribution in [-0.4, -0.2) is 25.4 Å². The van der Waals surface area contributed by atoms with Crippen LogP contribution in [0, 0.1) is 0 Å². The predicted molar refractivity (Wildman–Crippen MR) is 107 cm³/mol. The normalized spacial score (nSPS) is 11.0. The second-order valence-corrected chi connectivity index (χ2v) is 8.70. The van der Waals surface area contributed by atoms with E-state index < -0.39 is 21.9 Å². The van der Waals surface area contributed by atoms with Crippen LogP contribution in [0.1, 0.15) is 15.9 Å². The molecule has 3 rings (SSSR count). The van der Waals surface area contributed by atoms with Crippen LogP contribution in [0.25, 0.3) is 0 Å². The summed E-state index contributed by atoms with van der Waals surface area (Å²) in [5.41, 5.74) is 1.53. The first-order chi connectivity index (χ1) is 13.3. The second-order valence-electron chi connectivity index (χ2n) is 5.84. The minimum absolute atomic E-state index is 0.149. The third kappa shape index (κ3) is 4.96. The summed E-state index contributed by atoms with van der Waals surface area (Å²) < 4.78 is 27.2. The molecule has 7 nitrogen and oxygen atoms in total. The van der Waals surface area contributed by atoms with Crippen LogP contribution in [0.15, 0.2) is 70.3 Å². The summed E-state index contributed by atoms with van der Waals surface area (Å²) in [5.74, 6) is -1.40. The SMILES string of the molecule is O=C(O)Cc1cccc(NC(=O)c2cccc(NS(=O)(=O)c3cccs3)c2)c1. The summed E-state index contributed by atoms with van der Waals surface area (Å²) in [6, 6.07) is 15.8. The summed E-state index contributed by atoms with van der Waals surface area (Å²) >= 11 is 1.10. The molecule has 9 heteroatoms. The van der Waals surface area contributed by atoms with E-state index in [1.54, 1.807) is 53.9 Å². The molecular weight excluding hydrogens is 400 g/mol. The van der Waals surface area contributed by atoms with Crippen molar-refractivity contribution in [2.75, 3.05) is 10.0 Å². The molecule has 28 heavy (non-hydrogen) atoms. The number of nitrogens with one attached hydrogen (secondary N) is 2. The van der Waals surface area contributed by atoms with Crippen LogP contribution in [0.5, 0.6) is 0 Å². The smallest absolute Gasteiger partial charge is 0.307 e. The van der Waals surface area contributed by atoms with Gasteiger partial charge in [-0.15, -0.1) is 11.3 Å². The topological polar surface area (TPSA) is 113 Å². The van der Waals surface area contributed by atoms with Gasteiger partial charge in [-0.05, 0) is 47.3 Å². The van der Waals surface area contributed by atoms with E-state index in [0.29, 0.717) is 11.3 Å². The van der Waals surface area contributed by atoms with Crippen LogP contribution >= 0.6 is 11.3 Å². The monoisotopic (exact) mass is 416 g/mol. The molecule has 0 aliphatic heterocycles. The molecule has 0 aliphatic carbocycles. The molecule has 0 bridgehead atoms. The van der Waals surface area contributed by atoms with Gasteiger partial charge in [0.2, 0.25) is 0 Å². The quantitative estimate of drug-likeness (QED) is 0.546. The summed E-state index contributed by atoms with van der Waals surface area (Å²) in [7, 11) is -3.71. The van der Waals surface area contributed by atoms with Gasteiger partial charge in [-0.1, -0.05) is 24.3 Å². The predicted octanol–water partition coefficient (Wildman–Crippen LogP) is 3.43. The zero-order chi connectivity index (χ0) is 20.1. The molecule has 144 valence electrons. The van der Waals surface area contributed by atoms with Crippen molar-refractivity contribution >= 4 is 44.6 Å². The Balaban J connectivity index is 1.75. The van der Waals surface area contributed by atoms with Gasteiger partial charge < -0.3 is 10.4 Å². The minimum Gasteiger partial charge on any atom is -0.481 e. The maximum absolute atomic E-state index is 12.5. The Labute approximate surface area is 165 Å². The fraction of sp³-hybridized carbons (Fsp3) is 0.0526. The molecule has 1 heterocycles. The highest BCUT2D eigenvalue weighted by molar-refractivity contribution is 7.94. The molecule has 2 aromatic carbocycles. The van der Waals surface area contributed by atoms with E-state index in [2.05, 4.69) is 10.0 Å². The Bertz CT molecular complexity index is 1110. The highest BCUT2D eigenvalue weighted by atomic mass is 32.2. The van der Waals surface area contributed by atoms with Crippen molar-refractivity contribution in [3.63, 3.8) is 0 Å². The molecule has 3 N–H and O–H groups in total. The highest BCUT2D eigenvalue weighted by Crippen LogP contribution is 2.21. The van der Waals surface area contributed by atoms with E-state index in [-0.39, 0.29) is 21.9 Å². The van der Waals surface area contributed by atoms with Crippen molar-refractivity contribution in [3.8, 4) is 0 Å². The number of carboxylic acid groups (broad SMARTS) is 1. The van der Waals surface area contributed by atoms with Gasteiger partial charge in [-0.3, -0.25) is 14.3 Å². The molecular formula is C19H16N2O5S2. The van der Waals surface area contributed by atoms with Gasteiger partial charge in [0.15, 0.2) is 0 Å². The molecule has 0 radical (unpaired) electrons. The maximum Gasteiger partial charge on any atom is 0.307 e. The van der Waals surface area contributed by atoms with Crippen molar-refractivity contribution in [3.05, 3.63) is 77.2 Å². The number of benzene rings is 2. The number of amides is 1. The number of sulfonamides is 1. The summed E-state index contributed by atoms with van der Waals surface area (Å²) in [6.07, 6.45) is -0.149. The van der Waals surface area contributed by atoms with Crippen molar-refractivity contribution in [2.45, 2.75) is 10.6 Å². The van der Waals surface area contributed by atoms with Crippen LogP contribution in [0.4, 0.5) is 11.4 Å². The van der Waals surface area contributed by atoms with E-state index in [1.165, 1.54) is 12.1 Å². The lowest BCUT2D eigenvalue weighted by Crippen LogP contribution is -2.14. The minimum atomic E-state index is -3.71. The van der Waals surface area contributed by atoms with Crippen molar-refractivity contribution in [1.82, 2.24) is 0 Å². The van der Waals surface area contributed by atoms with Crippen molar-refractivity contribution in [1.29, 1.82) is 0 Å². The average molecular weight is 416 g/mol. The number of carbonyl (C=O) groups excluding carboxylic acids is 1. The number of carboxylic acids is 1. The Morgan fingerprint density at radius 2 is 1.71 bits per heavy atom. The Morgan fingerprint density at radius 1 is 0.964 bits per heavy atom. The lowest BCUT2D eigenvalue weighted by molar-refractivity contribution is -0.136. The van der Waals surface area contributed by atoms with Gasteiger partial charge in [0.1, 0.15) is 4.21 Å². The van der Waals surface area contributed by atoms with Crippen molar-refractivity contribution < 1.29 is 23.1 Å². The number of carbonyl (C=O) groups is 2. The maximum atomic E-state index is 12.5. The van der Waals surface area contributed by atoms with Gasteiger partial charge in [0, 0.05) is 16.9 Å². The summed E-state index contributed by atoms with van der Waals surface area (Å²) in [5, 5.41) is 13.2. The molecule has 0 saturated heterocycles. The Morgan fingerprint density at radius 3 is 2.43 bits per heavy atom. The molecule has 3 aromatic rings. The van der Waals surface area contributed by atoms with Gasteiger partial charge in [0.05, 0.1) is 6.42 Å². The second kappa shape index (κ2) is 8.24. The Kier molecular flexibility index (Phi) is 5.76. The molecule has 0 spiro atoms. The fourth-order valence-corrected chi connectivity index (χ4v) is 4.53. The van der Waals surface area contributed by atoms with Crippen LogP contribution in [-0.2, 0) is 21.2 Å². The standard InChI is InChI=1S/C19H16N2O5S2/c22-17(23)11-13-4-1-6-15(10-13)20-19(24)14-5-2-7-16(12-14)21-28(25,26)18-8-3-9-27-18/h1-10,12,21H,11H2,(H,20,24)(H,22,23). The molecule has 0 fully saturated rings. The third-order valence-electron chi connectivity index (χ3n) is 3.68. The number of thiophene rings is 1. The van der Waals surface area contributed by atoms with Crippen molar-refractivity contribution in [2.24, 2.45) is 0 Å². The first kappa shape index (κ1) is 19.6. The number of rotatable bonds is 7. The molecule has 1 amide bonds. The van der Waals surface area contributed by atoms with Gasteiger partial charge in [-0.2, -0.15) is 0 Å². The Hall–Kier alpha value is -3.17.